The molecule has 2 aliphatic carbocycles. The molecule has 2 fully saturated rings. The molecule has 0 N–H and O–H groups in total. The van der Waals surface area contributed by atoms with Gasteiger partial charge in [0, 0.05) is 0 Å². The maximum absolute atomic E-state index is 5.89. The van der Waals surface area contributed by atoms with Crippen LogP contribution in [0.25, 0.3) is 0 Å². The maximum atomic E-state index is 5.89. The summed E-state index contributed by atoms with van der Waals surface area (Å²) in [5, 5.41) is 0. The van der Waals surface area contributed by atoms with Crippen LogP contribution in [0, 0.1) is 17.8 Å². The van der Waals surface area contributed by atoms with E-state index in [-0.39, 0.29) is 0 Å². The SMILES string of the molecule is C=CCOc1ccc(C2CCC(CCCC[C@H]3CC[C@H](CC=C)CC3)CC2)cc1CCC. The molecular weight excluding hydrogens is 388 g/mol. The predicted molar refractivity (Wildman–Crippen MR) is 140 cm³/mol. The zero-order valence-electron chi connectivity index (χ0n) is 20.8. The van der Waals surface area contributed by atoms with Crippen LogP contribution in [0.5, 0.6) is 5.75 Å². The number of rotatable bonds is 13. The van der Waals surface area contributed by atoms with E-state index >= 15 is 0 Å². The van der Waals surface area contributed by atoms with Crippen LogP contribution in [0.1, 0.15) is 114 Å². The van der Waals surface area contributed by atoms with E-state index in [0.717, 1.165) is 42.3 Å². The Balaban J connectivity index is 1.35. The Hall–Kier alpha value is -1.50. The second-order valence-electron chi connectivity index (χ2n) is 10.6. The molecule has 0 aromatic heterocycles. The van der Waals surface area contributed by atoms with Crippen LogP contribution in [0.2, 0.25) is 0 Å². The van der Waals surface area contributed by atoms with Gasteiger partial charge in [-0.25, -0.2) is 0 Å². The van der Waals surface area contributed by atoms with Gasteiger partial charge in [-0.1, -0.05) is 82.7 Å². The van der Waals surface area contributed by atoms with Crippen molar-refractivity contribution in [2.45, 2.75) is 109 Å². The van der Waals surface area contributed by atoms with Gasteiger partial charge >= 0.3 is 0 Å². The van der Waals surface area contributed by atoms with Crippen LogP contribution in [-0.4, -0.2) is 6.61 Å². The smallest absolute Gasteiger partial charge is 0.122 e. The van der Waals surface area contributed by atoms with E-state index in [4.69, 9.17) is 4.74 Å². The Morgan fingerprint density at radius 2 is 1.47 bits per heavy atom. The first-order chi connectivity index (χ1) is 15.7. The fraction of sp³-hybridized carbons (Fsp3) is 0.677. The van der Waals surface area contributed by atoms with E-state index in [1.807, 2.05) is 6.08 Å². The van der Waals surface area contributed by atoms with Crippen LogP contribution >= 0.6 is 0 Å². The maximum Gasteiger partial charge on any atom is 0.122 e. The predicted octanol–water partition coefficient (Wildman–Crippen LogP) is 9.42. The lowest BCUT2D eigenvalue weighted by molar-refractivity contribution is 0.253. The fourth-order valence-electron chi connectivity index (χ4n) is 6.25. The van der Waals surface area contributed by atoms with Gasteiger partial charge in [-0.3, -0.25) is 0 Å². The summed E-state index contributed by atoms with van der Waals surface area (Å²) >= 11 is 0. The number of unbranched alkanes of at least 4 members (excludes halogenated alkanes) is 1. The van der Waals surface area contributed by atoms with Crippen molar-refractivity contribution in [2.24, 2.45) is 17.8 Å². The topological polar surface area (TPSA) is 9.23 Å². The van der Waals surface area contributed by atoms with Crippen LogP contribution in [0.4, 0.5) is 0 Å². The number of allylic oxidation sites excluding steroid dienone is 1. The Labute approximate surface area is 198 Å². The van der Waals surface area contributed by atoms with Crippen molar-refractivity contribution in [2.75, 3.05) is 6.61 Å². The minimum Gasteiger partial charge on any atom is -0.489 e. The Morgan fingerprint density at radius 1 is 0.844 bits per heavy atom. The van der Waals surface area contributed by atoms with Gasteiger partial charge in [0.1, 0.15) is 12.4 Å². The molecule has 0 atom stereocenters. The third kappa shape index (κ3) is 7.82. The highest BCUT2D eigenvalue weighted by Gasteiger charge is 2.24. The normalized spacial score (nSPS) is 25.9. The molecule has 0 heterocycles. The quantitative estimate of drug-likeness (QED) is 0.221. The van der Waals surface area contributed by atoms with Gasteiger partial charge in [-0.05, 0) is 92.2 Å². The van der Waals surface area contributed by atoms with Gasteiger partial charge in [0.15, 0.2) is 0 Å². The lowest BCUT2D eigenvalue weighted by Crippen LogP contribution is -2.15. The van der Waals surface area contributed by atoms with Crippen molar-refractivity contribution in [1.29, 1.82) is 0 Å². The summed E-state index contributed by atoms with van der Waals surface area (Å²) in [5.41, 5.74) is 2.93. The minimum absolute atomic E-state index is 0.595. The van der Waals surface area contributed by atoms with Gasteiger partial charge in [0.2, 0.25) is 0 Å². The van der Waals surface area contributed by atoms with Crippen molar-refractivity contribution in [3.8, 4) is 5.75 Å². The lowest BCUT2D eigenvalue weighted by atomic mass is 9.76. The first-order valence-corrected chi connectivity index (χ1v) is 13.7. The molecule has 0 spiro atoms. The first kappa shape index (κ1) is 25.1. The number of benzene rings is 1. The minimum atomic E-state index is 0.595. The molecule has 0 amide bonds. The third-order valence-electron chi connectivity index (χ3n) is 8.22. The van der Waals surface area contributed by atoms with E-state index in [1.165, 1.54) is 89.0 Å². The summed E-state index contributed by atoms with van der Waals surface area (Å²) in [4.78, 5) is 0. The van der Waals surface area contributed by atoms with Crippen molar-refractivity contribution in [3.05, 3.63) is 54.6 Å². The number of hydrogen-bond acceptors (Lipinski definition) is 1. The molecule has 32 heavy (non-hydrogen) atoms. The zero-order chi connectivity index (χ0) is 22.6. The molecule has 1 nitrogen and oxygen atoms in total. The largest absolute Gasteiger partial charge is 0.489 e. The van der Waals surface area contributed by atoms with Crippen molar-refractivity contribution in [1.82, 2.24) is 0 Å². The third-order valence-corrected chi connectivity index (χ3v) is 8.22. The van der Waals surface area contributed by atoms with E-state index < -0.39 is 0 Å². The summed E-state index contributed by atoms with van der Waals surface area (Å²) in [6, 6.07) is 6.98. The first-order valence-electron chi connectivity index (χ1n) is 13.7. The monoisotopic (exact) mass is 436 g/mol. The Bertz CT molecular complexity index is 674. The van der Waals surface area contributed by atoms with Crippen LogP contribution < -0.4 is 4.74 Å². The molecule has 0 radical (unpaired) electrons. The second kappa shape index (κ2) is 13.9. The molecule has 1 heteroatoms. The van der Waals surface area contributed by atoms with Crippen molar-refractivity contribution < 1.29 is 4.74 Å². The molecule has 0 aliphatic heterocycles. The van der Waals surface area contributed by atoms with E-state index in [0.29, 0.717) is 6.61 Å². The van der Waals surface area contributed by atoms with Crippen LogP contribution in [0.15, 0.2) is 43.5 Å². The number of aryl methyl sites for hydroxylation is 1. The standard InChI is InChI=1S/C31H48O/c1-4-9-25-13-15-26(16-14-25)11-7-8-12-27-17-19-28(20-18-27)29-21-22-31(32-23-6-3)30(24-29)10-5-2/h4,6,21-22,24-28H,1,3,5,7-20,23H2,2H3/t25-,26-,27?,28?. The summed E-state index contributed by atoms with van der Waals surface area (Å²) < 4.78 is 5.89. The summed E-state index contributed by atoms with van der Waals surface area (Å²) in [7, 11) is 0. The summed E-state index contributed by atoms with van der Waals surface area (Å²) in [6.07, 6.45) is 24.8. The number of hydrogen-bond donors (Lipinski definition) is 0. The van der Waals surface area contributed by atoms with Gasteiger partial charge < -0.3 is 4.74 Å². The molecule has 0 saturated heterocycles. The van der Waals surface area contributed by atoms with E-state index in [2.05, 4.69) is 44.4 Å². The molecule has 178 valence electrons. The average Bonchev–Trinajstić information content (AvgIpc) is 2.83. The highest BCUT2D eigenvalue weighted by Crippen LogP contribution is 2.39. The molecule has 0 bridgehead atoms. The van der Waals surface area contributed by atoms with Crippen molar-refractivity contribution in [3.63, 3.8) is 0 Å². The average molecular weight is 437 g/mol. The lowest BCUT2D eigenvalue weighted by Gasteiger charge is -2.30. The molecule has 2 saturated carbocycles. The Morgan fingerprint density at radius 3 is 2.06 bits per heavy atom. The highest BCUT2D eigenvalue weighted by atomic mass is 16.5. The molecule has 2 aliphatic rings. The van der Waals surface area contributed by atoms with Gasteiger partial charge in [-0.2, -0.15) is 0 Å². The van der Waals surface area contributed by atoms with Crippen LogP contribution in [0.3, 0.4) is 0 Å². The van der Waals surface area contributed by atoms with Gasteiger partial charge in [0.05, 0.1) is 0 Å². The molecule has 0 unspecified atom stereocenters. The van der Waals surface area contributed by atoms with Gasteiger partial charge in [0.25, 0.3) is 0 Å². The molecule has 1 aromatic rings. The van der Waals surface area contributed by atoms with Gasteiger partial charge in [-0.15, -0.1) is 6.58 Å². The zero-order valence-corrected chi connectivity index (χ0v) is 20.8. The molecule has 1 aromatic carbocycles. The fourth-order valence-corrected chi connectivity index (χ4v) is 6.25. The highest BCUT2D eigenvalue weighted by molar-refractivity contribution is 5.39. The number of ether oxygens (including phenoxy) is 1. The molecular formula is C31H48O. The van der Waals surface area contributed by atoms with E-state index in [9.17, 15) is 0 Å². The summed E-state index contributed by atoms with van der Waals surface area (Å²) in [5.74, 6) is 4.73. The summed E-state index contributed by atoms with van der Waals surface area (Å²) in [6.45, 7) is 10.5. The molecule has 3 rings (SSSR count). The Kier molecular flexibility index (Phi) is 10.9. The van der Waals surface area contributed by atoms with Crippen LogP contribution in [-0.2, 0) is 6.42 Å². The van der Waals surface area contributed by atoms with E-state index in [1.54, 1.807) is 5.56 Å². The second-order valence-corrected chi connectivity index (χ2v) is 10.6. The van der Waals surface area contributed by atoms with Crippen molar-refractivity contribution >= 4 is 0 Å².